The highest BCUT2D eigenvalue weighted by Gasteiger charge is 2.37. The van der Waals surface area contributed by atoms with Gasteiger partial charge in [-0.25, -0.2) is 0 Å². The van der Waals surface area contributed by atoms with Crippen LogP contribution in [0.4, 0.5) is 0 Å². The lowest BCUT2D eigenvalue weighted by Crippen LogP contribution is -2.21. The standard InChI is InChI=1S/C18H16NO2P/c20-18(17-13-7-8-14-19-17)22(21,15-9-3-1-4-10-15)16-11-5-2-6-12-16/h1-14,18,20H/t18-/m1/s1. The molecule has 0 saturated carbocycles. The molecular weight excluding hydrogens is 293 g/mol. The zero-order valence-corrected chi connectivity index (χ0v) is 12.8. The SMILES string of the molecule is O=P(c1ccccc1)(c1ccccc1)[C@@H](O)c1ccccn1. The molecule has 3 rings (SSSR count). The topological polar surface area (TPSA) is 50.2 Å². The number of hydrogen-bond donors (Lipinski definition) is 1. The van der Waals surface area contributed by atoms with Crippen LogP contribution in [0.2, 0.25) is 0 Å². The van der Waals surface area contributed by atoms with Crippen molar-refractivity contribution in [3.8, 4) is 0 Å². The van der Waals surface area contributed by atoms with Gasteiger partial charge in [-0.2, -0.15) is 0 Å². The Labute approximate surface area is 129 Å². The van der Waals surface area contributed by atoms with E-state index in [1.54, 1.807) is 48.7 Å². The minimum absolute atomic E-state index is 0.415. The van der Waals surface area contributed by atoms with E-state index in [1.807, 2.05) is 36.4 Å². The summed E-state index contributed by atoms with van der Waals surface area (Å²) < 4.78 is 13.8. The highest BCUT2D eigenvalue weighted by molar-refractivity contribution is 7.78. The quantitative estimate of drug-likeness (QED) is 0.754. The highest BCUT2D eigenvalue weighted by Crippen LogP contribution is 2.55. The van der Waals surface area contributed by atoms with Gasteiger partial charge in [-0.3, -0.25) is 4.98 Å². The Morgan fingerprint density at radius 2 is 1.27 bits per heavy atom. The van der Waals surface area contributed by atoms with Gasteiger partial charge in [0.1, 0.15) is 0 Å². The van der Waals surface area contributed by atoms with Crippen molar-refractivity contribution in [2.45, 2.75) is 5.85 Å². The predicted molar refractivity (Wildman–Crippen MR) is 89.0 cm³/mol. The molecule has 1 atom stereocenters. The lowest BCUT2D eigenvalue weighted by Gasteiger charge is -2.24. The molecule has 3 nitrogen and oxygen atoms in total. The van der Waals surface area contributed by atoms with Crippen molar-refractivity contribution in [1.82, 2.24) is 4.98 Å². The molecule has 1 N–H and O–H groups in total. The van der Waals surface area contributed by atoms with E-state index in [1.165, 1.54) is 0 Å². The summed E-state index contributed by atoms with van der Waals surface area (Å²) >= 11 is 0. The number of aliphatic hydroxyl groups is 1. The van der Waals surface area contributed by atoms with E-state index in [0.29, 0.717) is 16.3 Å². The van der Waals surface area contributed by atoms with Gasteiger partial charge >= 0.3 is 0 Å². The Hall–Kier alpha value is -2.22. The van der Waals surface area contributed by atoms with Crippen LogP contribution >= 0.6 is 7.14 Å². The molecule has 0 saturated heterocycles. The molecular formula is C18H16NO2P. The van der Waals surface area contributed by atoms with Crippen molar-refractivity contribution in [3.05, 3.63) is 90.8 Å². The first-order valence-corrected chi connectivity index (χ1v) is 8.80. The van der Waals surface area contributed by atoms with Crippen LogP contribution in [0.15, 0.2) is 85.1 Å². The van der Waals surface area contributed by atoms with Crippen molar-refractivity contribution in [2.24, 2.45) is 0 Å². The maximum atomic E-state index is 13.8. The van der Waals surface area contributed by atoms with Crippen molar-refractivity contribution in [1.29, 1.82) is 0 Å². The van der Waals surface area contributed by atoms with Gasteiger partial charge < -0.3 is 9.67 Å². The number of aromatic nitrogens is 1. The van der Waals surface area contributed by atoms with Gasteiger partial charge in [-0.1, -0.05) is 66.7 Å². The monoisotopic (exact) mass is 309 g/mol. The Balaban J connectivity index is 2.18. The van der Waals surface area contributed by atoms with E-state index in [-0.39, 0.29) is 0 Å². The van der Waals surface area contributed by atoms with Crippen molar-refractivity contribution in [3.63, 3.8) is 0 Å². The molecule has 0 spiro atoms. The van der Waals surface area contributed by atoms with Crippen LogP contribution in [-0.2, 0) is 4.57 Å². The van der Waals surface area contributed by atoms with Crippen LogP contribution < -0.4 is 10.6 Å². The first-order chi connectivity index (χ1) is 10.7. The molecule has 22 heavy (non-hydrogen) atoms. The van der Waals surface area contributed by atoms with Gasteiger partial charge in [-0.05, 0) is 12.1 Å². The van der Waals surface area contributed by atoms with Crippen LogP contribution in [0.5, 0.6) is 0 Å². The molecule has 0 bridgehead atoms. The molecule has 2 aromatic carbocycles. The normalized spacial score (nSPS) is 12.8. The number of pyridine rings is 1. The van der Waals surface area contributed by atoms with E-state index in [2.05, 4.69) is 4.98 Å². The molecule has 3 aromatic rings. The summed E-state index contributed by atoms with van der Waals surface area (Å²) in [5.41, 5.74) is 0.415. The number of nitrogens with zero attached hydrogens (tertiary/aromatic N) is 1. The van der Waals surface area contributed by atoms with E-state index >= 15 is 0 Å². The Morgan fingerprint density at radius 1 is 0.773 bits per heavy atom. The van der Waals surface area contributed by atoms with E-state index in [9.17, 15) is 9.67 Å². The van der Waals surface area contributed by atoms with E-state index in [0.717, 1.165) is 0 Å². The third-order valence-corrected chi connectivity index (χ3v) is 6.66. The van der Waals surface area contributed by atoms with Crippen molar-refractivity contribution in [2.75, 3.05) is 0 Å². The predicted octanol–water partition coefficient (Wildman–Crippen LogP) is 3.09. The summed E-state index contributed by atoms with van der Waals surface area (Å²) in [5.74, 6) is -1.17. The van der Waals surface area contributed by atoms with E-state index < -0.39 is 13.0 Å². The molecule has 0 aliphatic rings. The molecule has 0 unspecified atom stereocenters. The van der Waals surface area contributed by atoms with Gasteiger partial charge in [0.15, 0.2) is 13.0 Å². The second kappa shape index (κ2) is 6.27. The van der Waals surface area contributed by atoms with E-state index in [4.69, 9.17) is 0 Å². The maximum Gasteiger partial charge on any atom is 0.176 e. The fraction of sp³-hybridized carbons (Fsp3) is 0.0556. The molecule has 0 aliphatic carbocycles. The molecule has 0 aliphatic heterocycles. The summed E-state index contributed by atoms with van der Waals surface area (Å²) in [7, 11) is -3.24. The van der Waals surface area contributed by atoms with Gasteiger partial charge in [-0.15, -0.1) is 0 Å². The smallest absolute Gasteiger partial charge is 0.176 e. The van der Waals surface area contributed by atoms with Crippen LogP contribution in [0.3, 0.4) is 0 Å². The summed E-state index contributed by atoms with van der Waals surface area (Å²) in [5, 5.41) is 12.1. The molecule has 1 heterocycles. The Morgan fingerprint density at radius 3 is 1.73 bits per heavy atom. The fourth-order valence-electron chi connectivity index (χ4n) is 2.45. The minimum atomic E-state index is -3.24. The summed E-state index contributed by atoms with van der Waals surface area (Å²) in [4.78, 5) is 4.17. The molecule has 0 amide bonds. The fourth-order valence-corrected chi connectivity index (χ4v) is 5.06. The molecule has 4 heteroatoms. The molecule has 0 fully saturated rings. The number of benzene rings is 2. The minimum Gasteiger partial charge on any atom is -0.378 e. The lowest BCUT2D eigenvalue weighted by atomic mass is 10.4. The third-order valence-electron chi connectivity index (χ3n) is 3.58. The van der Waals surface area contributed by atoms with Gasteiger partial charge in [0.25, 0.3) is 0 Å². The summed E-state index contributed by atoms with van der Waals surface area (Å²) in [6.45, 7) is 0. The first kappa shape index (κ1) is 14.7. The number of rotatable bonds is 4. The first-order valence-electron chi connectivity index (χ1n) is 7.03. The lowest BCUT2D eigenvalue weighted by molar-refractivity contribution is 0.252. The van der Waals surface area contributed by atoms with Gasteiger partial charge in [0.05, 0.1) is 5.69 Å². The average Bonchev–Trinajstić information content (AvgIpc) is 2.62. The second-order valence-corrected chi connectivity index (χ2v) is 7.80. The zero-order chi connectivity index (χ0) is 15.4. The van der Waals surface area contributed by atoms with Gasteiger partial charge in [0, 0.05) is 16.8 Å². The third kappa shape index (κ3) is 2.61. The molecule has 0 radical (unpaired) electrons. The molecule has 1 aromatic heterocycles. The second-order valence-electron chi connectivity index (χ2n) is 4.96. The Kier molecular flexibility index (Phi) is 4.19. The molecule has 110 valence electrons. The zero-order valence-electron chi connectivity index (χ0n) is 11.9. The number of hydrogen-bond acceptors (Lipinski definition) is 3. The number of aliphatic hydroxyl groups excluding tert-OH is 1. The largest absolute Gasteiger partial charge is 0.378 e. The average molecular weight is 309 g/mol. The summed E-state index contributed by atoms with van der Waals surface area (Å²) in [6, 6.07) is 23.5. The van der Waals surface area contributed by atoms with Crippen LogP contribution in [0, 0.1) is 0 Å². The summed E-state index contributed by atoms with van der Waals surface area (Å²) in [6.07, 6.45) is 1.60. The van der Waals surface area contributed by atoms with Crippen LogP contribution in [-0.4, -0.2) is 10.1 Å². The Bertz CT molecular complexity index is 732. The van der Waals surface area contributed by atoms with Crippen molar-refractivity contribution >= 4 is 17.8 Å². The maximum absolute atomic E-state index is 13.8. The van der Waals surface area contributed by atoms with Crippen LogP contribution in [0.1, 0.15) is 11.5 Å². The highest BCUT2D eigenvalue weighted by atomic mass is 31.2. The van der Waals surface area contributed by atoms with Gasteiger partial charge in [0.2, 0.25) is 0 Å². The van der Waals surface area contributed by atoms with Crippen LogP contribution in [0.25, 0.3) is 0 Å². The van der Waals surface area contributed by atoms with Crippen molar-refractivity contribution < 1.29 is 9.67 Å².